The van der Waals surface area contributed by atoms with E-state index in [1.165, 1.54) is 6.07 Å². The highest BCUT2D eigenvalue weighted by atomic mass is 19.4. The van der Waals surface area contributed by atoms with E-state index in [-0.39, 0.29) is 18.2 Å². The predicted molar refractivity (Wildman–Crippen MR) is 56.4 cm³/mol. The van der Waals surface area contributed by atoms with E-state index in [2.05, 4.69) is 5.32 Å². The van der Waals surface area contributed by atoms with Crippen LogP contribution in [0.5, 0.6) is 0 Å². The molecule has 0 saturated carbocycles. The highest BCUT2D eigenvalue weighted by Gasteiger charge is 2.31. The van der Waals surface area contributed by atoms with Crippen LogP contribution in [0.4, 0.5) is 13.2 Å². The Morgan fingerprint density at radius 2 is 2.06 bits per heavy atom. The van der Waals surface area contributed by atoms with E-state index >= 15 is 0 Å². The zero-order valence-corrected chi connectivity index (χ0v) is 9.05. The maximum atomic E-state index is 12.5. The molecule has 2 rings (SSSR count). The molecule has 1 fully saturated rings. The first-order valence-corrected chi connectivity index (χ1v) is 5.39. The Morgan fingerprint density at radius 3 is 2.71 bits per heavy atom. The Hall–Kier alpha value is -1.36. The number of benzene rings is 1. The zero-order chi connectivity index (χ0) is 12.5. The fraction of sp³-hybridized carbons (Fsp3) is 0.417. The van der Waals surface area contributed by atoms with Crippen LogP contribution in [-0.2, 0) is 11.0 Å². The smallest absolute Gasteiger partial charge is 0.309 e. The van der Waals surface area contributed by atoms with Gasteiger partial charge in [-0.25, -0.2) is 0 Å². The summed E-state index contributed by atoms with van der Waals surface area (Å²) in [5.41, 5.74) is -0.150. The number of hydrogen-bond acceptors (Lipinski definition) is 2. The number of ketones is 1. The second kappa shape index (κ2) is 4.49. The summed E-state index contributed by atoms with van der Waals surface area (Å²) in [5, 5.41) is 3.06. The average molecular weight is 243 g/mol. The van der Waals surface area contributed by atoms with Gasteiger partial charge in [-0.1, -0.05) is 12.1 Å². The van der Waals surface area contributed by atoms with Crippen molar-refractivity contribution >= 4 is 5.78 Å². The average Bonchev–Trinajstić information content (AvgIpc) is 2.28. The normalized spacial score (nSPS) is 21.6. The maximum Gasteiger partial charge on any atom is 0.416 e. The quantitative estimate of drug-likeness (QED) is 0.821. The summed E-state index contributed by atoms with van der Waals surface area (Å²) in [7, 11) is 0. The minimum Gasteiger partial charge on any atom is -0.309 e. The number of alkyl halides is 3. The van der Waals surface area contributed by atoms with Gasteiger partial charge in [-0.2, -0.15) is 13.2 Å². The molecule has 0 aliphatic carbocycles. The molecule has 0 radical (unpaired) electrons. The van der Waals surface area contributed by atoms with Gasteiger partial charge in [0.1, 0.15) is 5.78 Å². The van der Waals surface area contributed by atoms with Crippen molar-refractivity contribution in [1.82, 2.24) is 5.32 Å². The molecular formula is C12H12F3NO. The summed E-state index contributed by atoms with van der Waals surface area (Å²) in [6, 6.07) is 4.84. The van der Waals surface area contributed by atoms with Gasteiger partial charge in [-0.05, 0) is 17.7 Å². The molecule has 1 saturated heterocycles. The Kier molecular flexibility index (Phi) is 3.19. The van der Waals surface area contributed by atoms with Crippen LogP contribution in [0.15, 0.2) is 24.3 Å². The van der Waals surface area contributed by atoms with Gasteiger partial charge in [0.15, 0.2) is 0 Å². The lowest BCUT2D eigenvalue weighted by Gasteiger charge is -2.23. The van der Waals surface area contributed by atoms with Crippen molar-refractivity contribution in [3.05, 3.63) is 35.4 Å². The summed E-state index contributed by atoms with van der Waals surface area (Å²) < 4.78 is 37.6. The Balaban J connectivity index is 2.24. The van der Waals surface area contributed by atoms with Crippen LogP contribution in [0, 0.1) is 0 Å². The molecule has 1 atom stereocenters. The predicted octanol–water partition coefficient (Wildman–Crippen LogP) is 2.70. The third kappa shape index (κ3) is 2.85. The van der Waals surface area contributed by atoms with Crippen molar-refractivity contribution in [1.29, 1.82) is 0 Å². The zero-order valence-electron chi connectivity index (χ0n) is 9.05. The summed E-state index contributed by atoms with van der Waals surface area (Å²) in [5.74, 6) is 0.0890. The standard InChI is InChI=1S/C12H12F3NO/c13-12(14,15)9-3-1-2-8(6-9)11-7-10(17)4-5-16-11/h1-3,6,11,16H,4-5,7H2. The monoisotopic (exact) mass is 243 g/mol. The SMILES string of the molecule is O=C1CCNC(c2cccc(C(F)(F)F)c2)C1. The number of nitrogens with one attached hydrogen (secondary N) is 1. The van der Waals surface area contributed by atoms with E-state index in [4.69, 9.17) is 0 Å². The van der Waals surface area contributed by atoms with Crippen molar-refractivity contribution in [2.45, 2.75) is 25.1 Å². The van der Waals surface area contributed by atoms with Gasteiger partial charge in [0.2, 0.25) is 0 Å². The maximum absolute atomic E-state index is 12.5. The summed E-state index contributed by atoms with van der Waals surface area (Å²) in [6.07, 6.45) is -3.62. The lowest BCUT2D eigenvalue weighted by molar-refractivity contribution is -0.137. The first-order valence-electron chi connectivity index (χ1n) is 5.39. The molecule has 5 heteroatoms. The number of Topliss-reactive ketones (excluding diaryl/α,β-unsaturated/α-hetero) is 1. The van der Waals surface area contributed by atoms with E-state index in [0.29, 0.717) is 18.5 Å². The van der Waals surface area contributed by atoms with E-state index in [1.807, 2.05) is 0 Å². The minimum absolute atomic E-state index is 0.0890. The van der Waals surface area contributed by atoms with Crippen molar-refractivity contribution in [2.75, 3.05) is 6.54 Å². The molecule has 1 unspecified atom stereocenters. The molecule has 0 aromatic heterocycles. The molecule has 17 heavy (non-hydrogen) atoms. The molecule has 1 aliphatic rings. The second-order valence-electron chi connectivity index (χ2n) is 4.12. The lowest BCUT2D eigenvalue weighted by atomic mass is 9.95. The second-order valence-corrected chi connectivity index (χ2v) is 4.12. The third-order valence-corrected chi connectivity index (χ3v) is 2.84. The number of rotatable bonds is 1. The number of hydrogen-bond donors (Lipinski definition) is 1. The summed E-state index contributed by atoms with van der Waals surface area (Å²) in [6.45, 7) is 0.528. The fourth-order valence-electron chi connectivity index (χ4n) is 1.96. The molecule has 0 bridgehead atoms. The van der Waals surface area contributed by atoms with Gasteiger partial charge in [0.25, 0.3) is 0 Å². The first-order chi connectivity index (χ1) is 7.97. The van der Waals surface area contributed by atoms with Gasteiger partial charge in [0.05, 0.1) is 5.56 Å². The van der Waals surface area contributed by atoms with Gasteiger partial charge in [0, 0.05) is 25.4 Å². The van der Waals surface area contributed by atoms with Gasteiger partial charge in [-0.15, -0.1) is 0 Å². The van der Waals surface area contributed by atoms with Crippen LogP contribution < -0.4 is 5.32 Å². The fourth-order valence-corrected chi connectivity index (χ4v) is 1.96. The Labute approximate surface area is 96.8 Å². The molecule has 0 amide bonds. The summed E-state index contributed by atoms with van der Waals surface area (Å²) in [4.78, 5) is 11.3. The Morgan fingerprint density at radius 1 is 1.29 bits per heavy atom. The highest BCUT2D eigenvalue weighted by molar-refractivity contribution is 5.80. The van der Waals surface area contributed by atoms with Gasteiger partial charge >= 0.3 is 6.18 Å². The first kappa shape index (κ1) is 12.1. The molecule has 92 valence electrons. The van der Waals surface area contributed by atoms with Crippen LogP contribution in [0.25, 0.3) is 0 Å². The van der Waals surface area contributed by atoms with Crippen LogP contribution in [0.1, 0.15) is 30.0 Å². The van der Waals surface area contributed by atoms with E-state index < -0.39 is 11.7 Å². The van der Waals surface area contributed by atoms with E-state index in [0.717, 1.165) is 12.1 Å². The molecule has 1 aromatic rings. The lowest BCUT2D eigenvalue weighted by Crippen LogP contribution is -2.31. The van der Waals surface area contributed by atoms with Crippen LogP contribution in [0.3, 0.4) is 0 Å². The molecule has 2 nitrogen and oxygen atoms in total. The van der Waals surface area contributed by atoms with Crippen LogP contribution in [0.2, 0.25) is 0 Å². The van der Waals surface area contributed by atoms with Crippen molar-refractivity contribution in [3.8, 4) is 0 Å². The number of carbonyl (C=O) groups excluding carboxylic acids is 1. The highest BCUT2D eigenvalue weighted by Crippen LogP contribution is 2.31. The largest absolute Gasteiger partial charge is 0.416 e. The van der Waals surface area contributed by atoms with Crippen molar-refractivity contribution in [2.24, 2.45) is 0 Å². The summed E-state index contributed by atoms with van der Waals surface area (Å²) >= 11 is 0. The minimum atomic E-state index is -4.34. The molecule has 1 N–H and O–H groups in total. The topological polar surface area (TPSA) is 29.1 Å². The molecule has 0 spiro atoms. The number of carbonyl (C=O) groups is 1. The molecule has 1 aromatic carbocycles. The van der Waals surface area contributed by atoms with Crippen LogP contribution >= 0.6 is 0 Å². The number of piperidine rings is 1. The van der Waals surface area contributed by atoms with E-state index in [1.54, 1.807) is 6.07 Å². The molecule has 1 heterocycles. The Bertz CT molecular complexity index is 428. The third-order valence-electron chi connectivity index (χ3n) is 2.84. The van der Waals surface area contributed by atoms with Gasteiger partial charge in [-0.3, -0.25) is 4.79 Å². The van der Waals surface area contributed by atoms with E-state index in [9.17, 15) is 18.0 Å². The van der Waals surface area contributed by atoms with Gasteiger partial charge < -0.3 is 5.32 Å². The number of halogens is 3. The molecular weight excluding hydrogens is 231 g/mol. The molecule has 1 aliphatic heterocycles. The van der Waals surface area contributed by atoms with Crippen molar-refractivity contribution in [3.63, 3.8) is 0 Å². The van der Waals surface area contributed by atoms with Crippen molar-refractivity contribution < 1.29 is 18.0 Å². The van der Waals surface area contributed by atoms with Crippen LogP contribution in [-0.4, -0.2) is 12.3 Å².